The fraction of sp³-hybridized carbons (Fsp3) is 0.533. The minimum Gasteiger partial charge on any atom is -0.489 e. The van der Waals surface area contributed by atoms with Crippen molar-refractivity contribution in [3.8, 4) is 5.75 Å². The second-order valence-electron chi connectivity index (χ2n) is 4.71. The number of aliphatic imine (C=N–C) groups is 1. The first-order valence-electron chi connectivity index (χ1n) is 6.84. The van der Waals surface area contributed by atoms with E-state index in [-0.39, 0.29) is 6.10 Å². The van der Waals surface area contributed by atoms with Crippen LogP contribution in [-0.2, 0) is 0 Å². The predicted molar refractivity (Wildman–Crippen MR) is 80.8 cm³/mol. The van der Waals surface area contributed by atoms with E-state index in [0.29, 0.717) is 6.04 Å². The molecule has 2 N–H and O–H groups in total. The summed E-state index contributed by atoms with van der Waals surface area (Å²) in [6, 6.07) is 10.3. The van der Waals surface area contributed by atoms with Gasteiger partial charge in [0.05, 0.1) is 6.54 Å². The summed E-state index contributed by atoms with van der Waals surface area (Å²) in [5.74, 6) is 1.72. The number of nitrogens with zero attached hydrogens (tertiary/aromatic N) is 1. The van der Waals surface area contributed by atoms with E-state index < -0.39 is 0 Å². The number of benzene rings is 1. The molecule has 0 radical (unpaired) electrons. The molecule has 0 aliphatic heterocycles. The van der Waals surface area contributed by atoms with Gasteiger partial charge < -0.3 is 15.4 Å². The number of hydrogen-bond acceptors (Lipinski definition) is 2. The van der Waals surface area contributed by atoms with Gasteiger partial charge in [0.25, 0.3) is 0 Å². The summed E-state index contributed by atoms with van der Waals surface area (Å²) < 4.78 is 5.92. The summed E-state index contributed by atoms with van der Waals surface area (Å²) in [6.07, 6.45) is 1.08. The minimum atomic E-state index is 0.133. The standard InChI is InChI=1S/C15H25N3O/c1-5-13(19-14-9-7-6-8-10-14)11-17-15(16-4)18-12(2)3/h6-10,12-13H,5,11H2,1-4H3,(H2,16,17,18). The normalized spacial score (nSPS) is 13.2. The van der Waals surface area contributed by atoms with Gasteiger partial charge in [0.1, 0.15) is 11.9 Å². The molecule has 1 atom stereocenters. The second-order valence-corrected chi connectivity index (χ2v) is 4.71. The first-order valence-corrected chi connectivity index (χ1v) is 6.84. The summed E-state index contributed by atoms with van der Waals surface area (Å²) in [5.41, 5.74) is 0. The molecule has 0 spiro atoms. The lowest BCUT2D eigenvalue weighted by Crippen LogP contribution is -2.44. The maximum atomic E-state index is 5.92. The van der Waals surface area contributed by atoms with E-state index in [1.54, 1.807) is 7.05 Å². The number of ether oxygens (including phenoxy) is 1. The molecule has 1 unspecified atom stereocenters. The van der Waals surface area contributed by atoms with Crippen molar-refractivity contribution in [2.45, 2.75) is 39.3 Å². The summed E-state index contributed by atoms with van der Waals surface area (Å²) in [5, 5.41) is 6.54. The molecular formula is C15H25N3O. The van der Waals surface area contributed by atoms with Gasteiger partial charge in [0, 0.05) is 13.1 Å². The highest BCUT2D eigenvalue weighted by molar-refractivity contribution is 5.79. The number of para-hydroxylation sites is 1. The van der Waals surface area contributed by atoms with Gasteiger partial charge in [-0.05, 0) is 32.4 Å². The van der Waals surface area contributed by atoms with Crippen LogP contribution in [0.1, 0.15) is 27.2 Å². The van der Waals surface area contributed by atoms with Crippen LogP contribution in [0.25, 0.3) is 0 Å². The van der Waals surface area contributed by atoms with E-state index in [0.717, 1.165) is 24.7 Å². The molecule has 0 saturated carbocycles. The Kier molecular flexibility index (Phi) is 6.79. The highest BCUT2D eigenvalue weighted by Gasteiger charge is 2.09. The van der Waals surface area contributed by atoms with Crippen molar-refractivity contribution < 1.29 is 4.74 Å². The minimum absolute atomic E-state index is 0.133. The SMILES string of the molecule is CCC(CNC(=NC)NC(C)C)Oc1ccccc1. The van der Waals surface area contributed by atoms with Gasteiger partial charge >= 0.3 is 0 Å². The molecule has 1 aromatic carbocycles. The molecule has 4 nitrogen and oxygen atoms in total. The Labute approximate surface area is 116 Å². The Balaban J connectivity index is 2.44. The van der Waals surface area contributed by atoms with Gasteiger partial charge in [-0.3, -0.25) is 4.99 Å². The molecule has 1 aromatic rings. The summed E-state index contributed by atoms with van der Waals surface area (Å²) in [4.78, 5) is 4.18. The molecule has 0 aromatic heterocycles. The highest BCUT2D eigenvalue weighted by atomic mass is 16.5. The van der Waals surface area contributed by atoms with Gasteiger partial charge in [-0.1, -0.05) is 25.1 Å². The van der Waals surface area contributed by atoms with Gasteiger partial charge in [-0.2, -0.15) is 0 Å². The molecular weight excluding hydrogens is 238 g/mol. The van der Waals surface area contributed by atoms with Crippen LogP contribution in [0.4, 0.5) is 0 Å². The van der Waals surface area contributed by atoms with Gasteiger partial charge in [-0.25, -0.2) is 0 Å². The average Bonchev–Trinajstić information content (AvgIpc) is 2.42. The smallest absolute Gasteiger partial charge is 0.191 e. The van der Waals surface area contributed by atoms with Crippen LogP contribution in [0.15, 0.2) is 35.3 Å². The quantitative estimate of drug-likeness (QED) is 0.612. The topological polar surface area (TPSA) is 45.7 Å². The lowest BCUT2D eigenvalue weighted by molar-refractivity contribution is 0.199. The summed E-state index contributed by atoms with van der Waals surface area (Å²) in [7, 11) is 1.77. The van der Waals surface area contributed by atoms with Crippen molar-refractivity contribution in [1.82, 2.24) is 10.6 Å². The zero-order valence-electron chi connectivity index (χ0n) is 12.3. The zero-order chi connectivity index (χ0) is 14.1. The van der Waals surface area contributed by atoms with E-state index in [9.17, 15) is 0 Å². The second kappa shape index (κ2) is 8.40. The van der Waals surface area contributed by atoms with Gasteiger partial charge in [-0.15, -0.1) is 0 Å². The van der Waals surface area contributed by atoms with Crippen LogP contribution >= 0.6 is 0 Å². The van der Waals surface area contributed by atoms with Crippen molar-refractivity contribution in [2.24, 2.45) is 4.99 Å². The maximum Gasteiger partial charge on any atom is 0.191 e. The van der Waals surface area contributed by atoms with Crippen LogP contribution in [0.5, 0.6) is 5.75 Å². The van der Waals surface area contributed by atoms with Gasteiger partial charge in [0.15, 0.2) is 5.96 Å². The fourth-order valence-electron chi connectivity index (χ4n) is 1.64. The predicted octanol–water partition coefficient (Wildman–Crippen LogP) is 2.42. The number of nitrogens with one attached hydrogen (secondary N) is 2. The van der Waals surface area contributed by atoms with E-state index in [4.69, 9.17) is 4.74 Å². The van der Waals surface area contributed by atoms with E-state index in [1.807, 2.05) is 30.3 Å². The first kappa shape index (κ1) is 15.3. The van der Waals surface area contributed by atoms with E-state index >= 15 is 0 Å². The van der Waals surface area contributed by atoms with Gasteiger partial charge in [0.2, 0.25) is 0 Å². The fourth-order valence-corrected chi connectivity index (χ4v) is 1.64. The molecule has 19 heavy (non-hydrogen) atoms. The molecule has 0 fully saturated rings. The Hall–Kier alpha value is -1.71. The molecule has 0 amide bonds. The molecule has 0 bridgehead atoms. The molecule has 0 heterocycles. The maximum absolute atomic E-state index is 5.92. The summed E-state index contributed by atoms with van der Waals surface area (Å²) >= 11 is 0. The molecule has 0 aliphatic rings. The van der Waals surface area contributed by atoms with Crippen LogP contribution in [0.3, 0.4) is 0 Å². The van der Waals surface area contributed by atoms with Crippen molar-refractivity contribution in [3.63, 3.8) is 0 Å². The third-order valence-electron chi connectivity index (χ3n) is 2.65. The number of hydrogen-bond donors (Lipinski definition) is 2. The third-order valence-corrected chi connectivity index (χ3v) is 2.65. The largest absolute Gasteiger partial charge is 0.489 e. The molecule has 0 saturated heterocycles. The highest BCUT2D eigenvalue weighted by Crippen LogP contribution is 2.11. The van der Waals surface area contributed by atoms with Crippen LogP contribution in [0, 0.1) is 0 Å². The average molecular weight is 263 g/mol. The van der Waals surface area contributed by atoms with Crippen molar-refractivity contribution in [2.75, 3.05) is 13.6 Å². The van der Waals surface area contributed by atoms with E-state index in [1.165, 1.54) is 0 Å². The molecule has 0 aliphatic carbocycles. The van der Waals surface area contributed by atoms with Crippen LogP contribution < -0.4 is 15.4 Å². The monoisotopic (exact) mass is 263 g/mol. The Bertz CT molecular complexity index is 376. The Morgan fingerprint density at radius 3 is 2.47 bits per heavy atom. The lowest BCUT2D eigenvalue weighted by atomic mass is 10.2. The Morgan fingerprint density at radius 2 is 1.95 bits per heavy atom. The first-order chi connectivity index (χ1) is 9.15. The zero-order valence-corrected chi connectivity index (χ0v) is 12.3. The summed E-state index contributed by atoms with van der Waals surface area (Å²) in [6.45, 7) is 7.03. The Morgan fingerprint density at radius 1 is 1.26 bits per heavy atom. The van der Waals surface area contributed by atoms with Crippen LogP contribution in [0.2, 0.25) is 0 Å². The third kappa shape index (κ3) is 6.13. The van der Waals surface area contributed by atoms with E-state index in [2.05, 4.69) is 36.4 Å². The molecule has 106 valence electrons. The van der Waals surface area contributed by atoms with Crippen LogP contribution in [-0.4, -0.2) is 31.7 Å². The number of rotatable bonds is 6. The molecule has 1 rings (SSSR count). The lowest BCUT2D eigenvalue weighted by Gasteiger charge is -2.20. The molecule has 4 heteroatoms. The van der Waals surface area contributed by atoms with Crippen molar-refractivity contribution in [1.29, 1.82) is 0 Å². The van der Waals surface area contributed by atoms with Crippen molar-refractivity contribution in [3.05, 3.63) is 30.3 Å². The number of guanidine groups is 1. The van der Waals surface area contributed by atoms with Crippen molar-refractivity contribution >= 4 is 5.96 Å².